The van der Waals surface area contributed by atoms with Crippen molar-refractivity contribution in [1.82, 2.24) is 0 Å². The molecule has 8 nitrogen and oxygen atoms in total. The quantitative estimate of drug-likeness (QED) is 0.286. The third-order valence-corrected chi connectivity index (χ3v) is 3.31. The van der Waals surface area contributed by atoms with Gasteiger partial charge in [0, 0.05) is 12.1 Å². The molecule has 1 aromatic rings. The standard InChI is InChI=1S/C6H6O8S2.2Na.2H/c7-3-1-4(15(9,10)11)6(8)5(2-3)16(12,13)14;;;;/h1-2,7-8H,(H,9,10,11)(H,12,13,14);;;;. The fraction of sp³-hybridized carbons (Fsp3) is 0. The molecule has 0 amide bonds. The fourth-order valence-electron chi connectivity index (χ4n) is 0.962. The summed E-state index contributed by atoms with van der Waals surface area (Å²) in [6.45, 7) is 0. The van der Waals surface area contributed by atoms with Gasteiger partial charge in [-0.15, -0.1) is 0 Å². The van der Waals surface area contributed by atoms with Gasteiger partial charge in [-0.2, -0.15) is 16.8 Å². The van der Waals surface area contributed by atoms with Gasteiger partial charge in [0.15, 0.2) is 5.75 Å². The van der Waals surface area contributed by atoms with E-state index in [0.29, 0.717) is 12.1 Å². The third-order valence-electron chi connectivity index (χ3n) is 1.58. The summed E-state index contributed by atoms with van der Waals surface area (Å²) >= 11 is 0. The molecule has 18 heavy (non-hydrogen) atoms. The summed E-state index contributed by atoms with van der Waals surface area (Å²) in [6, 6.07) is 0.860. The summed E-state index contributed by atoms with van der Waals surface area (Å²) in [7, 11) is -9.85. The molecule has 0 radical (unpaired) electrons. The zero-order chi connectivity index (χ0) is 12.7. The van der Waals surface area contributed by atoms with E-state index >= 15 is 0 Å². The van der Waals surface area contributed by atoms with Crippen LogP contribution in [0.25, 0.3) is 0 Å². The fourth-order valence-corrected chi connectivity index (χ4v) is 2.27. The SMILES string of the molecule is O=S(=O)(O)c1cc(O)cc(S(=O)(=O)O)c1O.[NaH].[NaH]. The second kappa shape index (κ2) is 6.88. The molecule has 4 N–H and O–H groups in total. The molecule has 0 saturated heterocycles. The minimum atomic E-state index is -4.92. The molecule has 1 aromatic carbocycles. The Morgan fingerprint density at radius 3 is 1.28 bits per heavy atom. The minimum absolute atomic E-state index is 0. The average Bonchev–Trinajstić information content (AvgIpc) is 2.04. The van der Waals surface area contributed by atoms with Gasteiger partial charge >= 0.3 is 59.1 Å². The van der Waals surface area contributed by atoms with Gasteiger partial charge < -0.3 is 10.2 Å². The number of hydrogen-bond donors (Lipinski definition) is 4. The molecule has 0 aromatic heterocycles. The maximum atomic E-state index is 10.7. The van der Waals surface area contributed by atoms with Crippen molar-refractivity contribution in [3.05, 3.63) is 12.1 Å². The Morgan fingerprint density at radius 1 is 0.778 bits per heavy atom. The summed E-state index contributed by atoms with van der Waals surface area (Å²) in [5.74, 6) is -2.24. The van der Waals surface area contributed by atoms with Gasteiger partial charge in [-0.1, -0.05) is 0 Å². The van der Waals surface area contributed by atoms with Crippen molar-refractivity contribution in [2.45, 2.75) is 9.79 Å². The van der Waals surface area contributed by atoms with Crippen molar-refractivity contribution >= 4 is 79.4 Å². The van der Waals surface area contributed by atoms with Gasteiger partial charge in [0.1, 0.15) is 15.5 Å². The monoisotopic (exact) mass is 318 g/mol. The van der Waals surface area contributed by atoms with Crippen molar-refractivity contribution in [1.29, 1.82) is 0 Å². The number of rotatable bonds is 2. The molecular formula is C6H8Na2O8S2. The Morgan fingerprint density at radius 2 is 1.06 bits per heavy atom. The third kappa shape index (κ3) is 4.96. The topological polar surface area (TPSA) is 149 Å². The second-order valence-corrected chi connectivity index (χ2v) is 5.52. The van der Waals surface area contributed by atoms with Gasteiger partial charge in [-0.3, -0.25) is 9.11 Å². The van der Waals surface area contributed by atoms with E-state index in [1.807, 2.05) is 0 Å². The first-order valence-corrected chi connectivity index (χ1v) is 6.42. The van der Waals surface area contributed by atoms with Crippen LogP contribution in [0.5, 0.6) is 11.5 Å². The molecule has 94 valence electrons. The van der Waals surface area contributed by atoms with E-state index < -0.39 is 41.5 Å². The normalized spacial score (nSPS) is 11.2. The summed E-state index contributed by atoms with van der Waals surface area (Å²) < 4.78 is 60.0. The Bertz CT molecular complexity index is 583. The van der Waals surface area contributed by atoms with Crippen LogP contribution in [0.15, 0.2) is 21.9 Å². The Balaban J connectivity index is 0. The molecule has 0 saturated carbocycles. The van der Waals surface area contributed by atoms with Gasteiger partial charge in [0.2, 0.25) is 0 Å². The summed E-state index contributed by atoms with van der Waals surface area (Å²) in [5, 5.41) is 18.2. The van der Waals surface area contributed by atoms with Crippen LogP contribution in [-0.4, -0.2) is 95.3 Å². The van der Waals surface area contributed by atoms with Crippen molar-refractivity contribution in [3.8, 4) is 11.5 Å². The Labute approximate surface area is 147 Å². The molecule has 0 aliphatic heterocycles. The number of phenolic OH excluding ortho intramolecular Hbond substituents is 2. The van der Waals surface area contributed by atoms with Gasteiger partial charge in [0.05, 0.1) is 0 Å². The summed E-state index contributed by atoms with van der Waals surface area (Å²) in [5.41, 5.74) is 0. The molecule has 0 unspecified atom stereocenters. The molecule has 0 fully saturated rings. The van der Waals surface area contributed by atoms with Gasteiger partial charge in [-0.25, -0.2) is 0 Å². The summed E-state index contributed by atoms with van der Waals surface area (Å²) in [6.07, 6.45) is 0. The van der Waals surface area contributed by atoms with E-state index in [1.165, 1.54) is 0 Å². The van der Waals surface area contributed by atoms with E-state index in [0.717, 1.165) is 0 Å². The zero-order valence-corrected chi connectivity index (χ0v) is 9.03. The summed E-state index contributed by atoms with van der Waals surface area (Å²) in [4.78, 5) is -2.44. The van der Waals surface area contributed by atoms with Gasteiger partial charge in [0.25, 0.3) is 20.2 Å². The Hall–Kier alpha value is 0.640. The van der Waals surface area contributed by atoms with E-state index in [-0.39, 0.29) is 59.1 Å². The molecule has 0 bridgehead atoms. The number of benzene rings is 1. The van der Waals surface area contributed by atoms with Crippen LogP contribution in [0.3, 0.4) is 0 Å². The molecular weight excluding hydrogens is 310 g/mol. The molecule has 1 rings (SSSR count). The molecule has 12 heteroatoms. The Kier molecular flexibility index (Phi) is 8.01. The van der Waals surface area contributed by atoms with E-state index in [1.54, 1.807) is 0 Å². The number of aromatic hydroxyl groups is 2. The van der Waals surface area contributed by atoms with Crippen molar-refractivity contribution in [3.63, 3.8) is 0 Å². The average molecular weight is 318 g/mol. The first-order chi connectivity index (χ1) is 7.03. The van der Waals surface area contributed by atoms with Crippen LogP contribution in [-0.2, 0) is 20.2 Å². The van der Waals surface area contributed by atoms with E-state index in [4.69, 9.17) is 14.2 Å². The van der Waals surface area contributed by atoms with Gasteiger partial charge in [-0.05, 0) is 0 Å². The molecule has 0 heterocycles. The number of phenols is 2. The van der Waals surface area contributed by atoms with Crippen LogP contribution in [0, 0.1) is 0 Å². The number of hydrogen-bond acceptors (Lipinski definition) is 6. The van der Waals surface area contributed by atoms with Crippen molar-refractivity contribution in [2.24, 2.45) is 0 Å². The zero-order valence-electron chi connectivity index (χ0n) is 7.39. The van der Waals surface area contributed by atoms with Crippen LogP contribution < -0.4 is 0 Å². The van der Waals surface area contributed by atoms with Crippen molar-refractivity contribution < 1.29 is 36.2 Å². The molecule has 0 atom stereocenters. The van der Waals surface area contributed by atoms with E-state index in [2.05, 4.69) is 0 Å². The maximum absolute atomic E-state index is 10.7. The van der Waals surface area contributed by atoms with Crippen LogP contribution in [0.1, 0.15) is 0 Å². The molecule has 0 aliphatic carbocycles. The molecule has 0 spiro atoms. The second-order valence-electron chi connectivity index (χ2n) is 2.74. The predicted octanol–water partition coefficient (Wildman–Crippen LogP) is -1.71. The predicted molar refractivity (Wildman–Crippen MR) is 63.7 cm³/mol. The van der Waals surface area contributed by atoms with E-state index in [9.17, 15) is 21.9 Å². The molecule has 0 aliphatic rings. The van der Waals surface area contributed by atoms with Crippen LogP contribution in [0.2, 0.25) is 0 Å². The first kappa shape index (κ1) is 20.9. The first-order valence-electron chi connectivity index (χ1n) is 3.54. The van der Waals surface area contributed by atoms with Crippen LogP contribution in [0.4, 0.5) is 0 Å². The van der Waals surface area contributed by atoms with Crippen LogP contribution >= 0.6 is 0 Å². The van der Waals surface area contributed by atoms with Crippen molar-refractivity contribution in [2.75, 3.05) is 0 Å².